The topological polar surface area (TPSA) is 85.7 Å². The summed E-state index contributed by atoms with van der Waals surface area (Å²) in [5.74, 6) is 1.23. The van der Waals surface area contributed by atoms with Gasteiger partial charge in [0.15, 0.2) is 0 Å². The Hall–Kier alpha value is -2.73. The van der Waals surface area contributed by atoms with Crippen LogP contribution in [0.3, 0.4) is 0 Å². The van der Waals surface area contributed by atoms with Gasteiger partial charge in [0, 0.05) is 18.8 Å². The highest BCUT2D eigenvalue weighted by Gasteiger charge is 2.59. The number of aromatic nitrogens is 1. The molecular formula is C48H83NO5. The van der Waals surface area contributed by atoms with Crippen molar-refractivity contribution < 1.29 is 24.2 Å². The van der Waals surface area contributed by atoms with E-state index in [-0.39, 0.29) is 55.0 Å². The molecule has 4 bridgehead atoms. The minimum Gasteiger partial charge on any atom is -0.460 e. The molecule has 4 fully saturated rings. The smallest absolute Gasteiger partial charge is 0.312 e. The summed E-state index contributed by atoms with van der Waals surface area (Å²) < 4.78 is 12.6. The first kappa shape index (κ1) is 51.3. The molecule has 0 aliphatic heterocycles. The molecule has 0 saturated heterocycles. The van der Waals surface area contributed by atoms with Crippen LogP contribution in [-0.2, 0) is 19.1 Å². The van der Waals surface area contributed by atoms with Crippen molar-refractivity contribution in [1.82, 2.24) is 4.98 Å². The van der Waals surface area contributed by atoms with Gasteiger partial charge in [0.2, 0.25) is 0 Å². The Labute approximate surface area is 333 Å². The maximum absolute atomic E-state index is 14.1. The van der Waals surface area contributed by atoms with E-state index < -0.39 is 27.6 Å². The number of hydrogen-bond acceptors (Lipinski definition) is 6. The molecule has 6 nitrogen and oxygen atoms in total. The molecule has 6 atom stereocenters. The van der Waals surface area contributed by atoms with Gasteiger partial charge in [0.05, 0.1) is 16.4 Å². The molecule has 54 heavy (non-hydrogen) atoms. The molecule has 310 valence electrons. The molecule has 6 rings (SSSR count). The van der Waals surface area contributed by atoms with Gasteiger partial charge in [-0.2, -0.15) is 0 Å². The van der Waals surface area contributed by atoms with E-state index in [2.05, 4.69) is 69.1 Å². The van der Waals surface area contributed by atoms with E-state index in [4.69, 9.17) is 9.47 Å². The van der Waals surface area contributed by atoms with Crippen LogP contribution >= 0.6 is 0 Å². The summed E-state index contributed by atoms with van der Waals surface area (Å²) in [6.45, 7) is 14.3. The van der Waals surface area contributed by atoms with E-state index in [0.29, 0.717) is 43.4 Å². The van der Waals surface area contributed by atoms with Gasteiger partial charge >= 0.3 is 11.9 Å². The van der Waals surface area contributed by atoms with Crippen LogP contribution in [0, 0.1) is 22.7 Å². The average Bonchev–Trinajstić information content (AvgIpc) is 3.03. The van der Waals surface area contributed by atoms with Crippen molar-refractivity contribution in [2.45, 2.75) is 204 Å². The maximum atomic E-state index is 14.1. The highest BCUT2D eigenvalue weighted by molar-refractivity contribution is 5.77. The lowest BCUT2D eigenvalue weighted by molar-refractivity contribution is -0.226. The largest absolute Gasteiger partial charge is 0.460 e. The van der Waals surface area contributed by atoms with Gasteiger partial charge in [-0.3, -0.25) is 14.6 Å². The van der Waals surface area contributed by atoms with E-state index in [1.54, 1.807) is 0 Å². The van der Waals surface area contributed by atoms with Crippen LogP contribution in [0.15, 0.2) is 54.9 Å². The predicted molar refractivity (Wildman–Crippen MR) is 229 cm³/mol. The minimum atomic E-state index is -0.665. The van der Waals surface area contributed by atoms with Gasteiger partial charge in [0.1, 0.15) is 11.2 Å². The molecule has 1 aromatic carbocycles. The third kappa shape index (κ3) is 12.4. The highest BCUT2D eigenvalue weighted by Crippen LogP contribution is 2.59. The van der Waals surface area contributed by atoms with Crippen LogP contribution in [0.4, 0.5) is 0 Å². The standard InChI is InChI=1S/C43H63NO5.5CH4/c1-8-33(36-18-23-44-24-19-36)15-21-41(7,38(46)48-39(3,4)5)22-17-35(34-13-11-10-12-14-34)16-20-40(6,9-2)37(45)49-43-28-31-25-32(29-43)27-42(47,26-31)30-43;;;;;/h10-14,18-19,23-24,31-33,35,47H,8-9,15-17,20-22,25-30H2,1-7H3;5*1H4. The number of carbonyl (C=O) groups is 2. The SMILES string of the molecule is C.C.C.C.C.CCC(CCC(C)(CCC(CCC(C)(CC)C(=O)OC12CC3CC(CC(O)(C3)C1)C2)c1ccccc1)C(=O)OC(C)(C)C)c1ccncc1. The third-order valence-corrected chi connectivity index (χ3v) is 12.5. The monoisotopic (exact) mass is 754 g/mol. The van der Waals surface area contributed by atoms with E-state index >= 15 is 0 Å². The first-order valence-electron chi connectivity index (χ1n) is 19.2. The first-order valence-corrected chi connectivity index (χ1v) is 19.2. The molecule has 0 amide bonds. The molecule has 4 aliphatic rings. The van der Waals surface area contributed by atoms with Crippen molar-refractivity contribution in [1.29, 1.82) is 0 Å². The van der Waals surface area contributed by atoms with Crippen molar-refractivity contribution in [3.63, 3.8) is 0 Å². The second kappa shape index (κ2) is 20.4. The van der Waals surface area contributed by atoms with E-state index in [0.717, 1.165) is 64.2 Å². The minimum absolute atomic E-state index is 0. The summed E-state index contributed by atoms with van der Waals surface area (Å²) in [6, 6.07) is 14.8. The Balaban J connectivity index is 0.00000562. The summed E-state index contributed by atoms with van der Waals surface area (Å²) in [7, 11) is 0. The van der Waals surface area contributed by atoms with Gasteiger partial charge < -0.3 is 14.6 Å². The molecule has 2 aromatic rings. The Morgan fingerprint density at radius 2 is 1.24 bits per heavy atom. The van der Waals surface area contributed by atoms with Crippen LogP contribution in [0.2, 0.25) is 0 Å². The highest BCUT2D eigenvalue weighted by atomic mass is 16.6. The van der Waals surface area contributed by atoms with Crippen LogP contribution in [0.25, 0.3) is 0 Å². The van der Waals surface area contributed by atoms with Crippen LogP contribution in [0.5, 0.6) is 0 Å². The molecule has 6 unspecified atom stereocenters. The number of benzene rings is 1. The van der Waals surface area contributed by atoms with Crippen molar-refractivity contribution in [2.24, 2.45) is 22.7 Å². The summed E-state index contributed by atoms with van der Waals surface area (Å²) in [5, 5.41) is 11.3. The molecule has 0 spiro atoms. The van der Waals surface area contributed by atoms with Crippen molar-refractivity contribution >= 4 is 11.9 Å². The van der Waals surface area contributed by atoms with E-state index in [1.807, 2.05) is 39.2 Å². The Bertz CT molecular complexity index is 1390. The lowest BCUT2D eigenvalue weighted by Gasteiger charge is -2.59. The molecular weight excluding hydrogens is 671 g/mol. The number of rotatable bonds is 16. The van der Waals surface area contributed by atoms with E-state index in [1.165, 1.54) is 11.1 Å². The van der Waals surface area contributed by atoms with Gasteiger partial charge in [-0.05, 0) is 165 Å². The zero-order valence-electron chi connectivity index (χ0n) is 31.4. The Kier molecular flexibility index (Phi) is 19.4. The predicted octanol–water partition coefficient (Wildman–Crippen LogP) is 13.3. The Morgan fingerprint density at radius 1 is 0.741 bits per heavy atom. The second-order valence-corrected chi connectivity index (χ2v) is 17.8. The zero-order valence-corrected chi connectivity index (χ0v) is 31.4. The van der Waals surface area contributed by atoms with Crippen molar-refractivity contribution in [3.05, 3.63) is 66.0 Å². The van der Waals surface area contributed by atoms with Crippen LogP contribution in [-0.4, -0.2) is 38.8 Å². The Morgan fingerprint density at radius 3 is 1.72 bits per heavy atom. The molecule has 1 aromatic heterocycles. The molecule has 4 aliphatic carbocycles. The van der Waals surface area contributed by atoms with E-state index in [9.17, 15) is 14.7 Å². The summed E-state index contributed by atoms with van der Waals surface area (Å²) in [6.07, 6.45) is 15.3. The van der Waals surface area contributed by atoms with Gasteiger partial charge in [-0.15, -0.1) is 0 Å². The normalized spacial score (nSPS) is 25.6. The lowest BCUT2D eigenvalue weighted by atomic mass is 9.52. The number of ether oxygens (including phenoxy) is 2. The summed E-state index contributed by atoms with van der Waals surface area (Å²) in [4.78, 5) is 32.2. The fourth-order valence-corrected chi connectivity index (χ4v) is 9.65. The van der Waals surface area contributed by atoms with Gasteiger partial charge in [-0.25, -0.2) is 0 Å². The maximum Gasteiger partial charge on any atom is 0.312 e. The molecule has 0 radical (unpaired) electrons. The van der Waals surface area contributed by atoms with Crippen LogP contribution < -0.4 is 0 Å². The second-order valence-electron chi connectivity index (χ2n) is 17.8. The molecule has 1 heterocycles. The number of hydrogen-bond donors (Lipinski definition) is 1. The average molecular weight is 754 g/mol. The van der Waals surface area contributed by atoms with Gasteiger partial charge in [0.25, 0.3) is 0 Å². The molecule has 6 heteroatoms. The van der Waals surface area contributed by atoms with Crippen molar-refractivity contribution in [3.8, 4) is 0 Å². The van der Waals surface area contributed by atoms with Crippen molar-refractivity contribution in [2.75, 3.05) is 0 Å². The number of nitrogens with zero attached hydrogens (tertiary/aromatic N) is 1. The first-order chi connectivity index (χ1) is 23.1. The lowest BCUT2D eigenvalue weighted by Crippen LogP contribution is -2.61. The number of pyridine rings is 1. The fraction of sp³-hybridized carbons (Fsp3) is 0.729. The van der Waals surface area contributed by atoms with Crippen LogP contribution in [0.1, 0.15) is 198 Å². The number of aliphatic hydroxyl groups is 1. The summed E-state index contributed by atoms with van der Waals surface area (Å²) in [5.41, 5.74) is -0.498. The van der Waals surface area contributed by atoms with Gasteiger partial charge in [-0.1, -0.05) is 81.3 Å². The molecule has 1 N–H and O–H groups in total. The third-order valence-electron chi connectivity index (χ3n) is 12.5. The molecule has 4 saturated carbocycles. The number of carbonyl (C=O) groups excluding carboxylic acids is 2. The zero-order chi connectivity index (χ0) is 35.5. The quantitative estimate of drug-likeness (QED) is 0.172. The fourth-order valence-electron chi connectivity index (χ4n) is 9.65. The summed E-state index contributed by atoms with van der Waals surface area (Å²) >= 11 is 0. The number of esters is 2.